The van der Waals surface area contributed by atoms with Crippen LogP contribution in [0.5, 0.6) is 11.5 Å². The molecule has 1 aliphatic heterocycles. The van der Waals surface area contributed by atoms with Crippen molar-refractivity contribution in [1.29, 1.82) is 0 Å². The van der Waals surface area contributed by atoms with Crippen LogP contribution in [0.3, 0.4) is 0 Å². The summed E-state index contributed by atoms with van der Waals surface area (Å²) in [6, 6.07) is 13.5. The van der Waals surface area contributed by atoms with Crippen LogP contribution in [0.1, 0.15) is 18.1 Å². The molecule has 144 valence electrons. The van der Waals surface area contributed by atoms with Gasteiger partial charge in [0, 0.05) is 4.90 Å². The Morgan fingerprint density at radius 3 is 2.48 bits per heavy atom. The third kappa shape index (κ3) is 5.99. The Morgan fingerprint density at radius 2 is 1.81 bits per heavy atom. The van der Waals surface area contributed by atoms with Crippen molar-refractivity contribution in [1.82, 2.24) is 0 Å². The van der Waals surface area contributed by atoms with Crippen LogP contribution in [0.25, 0.3) is 0 Å². The predicted octanol–water partition coefficient (Wildman–Crippen LogP) is 4.14. The van der Waals surface area contributed by atoms with Gasteiger partial charge >= 0.3 is 0 Å². The van der Waals surface area contributed by atoms with Crippen molar-refractivity contribution >= 4 is 17.5 Å². The highest BCUT2D eigenvalue weighted by Crippen LogP contribution is 2.27. The molecule has 0 amide bonds. The quantitative estimate of drug-likeness (QED) is 0.602. The minimum Gasteiger partial charge on any atom is -0.488 e. The number of thioether (sulfide) groups is 1. The lowest BCUT2D eigenvalue weighted by Crippen LogP contribution is -2.42. The highest BCUT2D eigenvalue weighted by molar-refractivity contribution is 8.00. The maximum absolute atomic E-state index is 12.1. The molecule has 27 heavy (non-hydrogen) atoms. The first-order chi connectivity index (χ1) is 13.0. The number of ketones is 1. The first-order valence-electron chi connectivity index (χ1n) is 8.88. The maximum atomic E-state index is 12.1. The number of hydrogen-bond donors (Lipinski definition) is 0. The van der Waals surface area contributed by atoms with E-state index in [1.807, 2.05) is 63.2 Å². The van der Waals surface area contributed by atoms with Gasteiger partial charge in [-0.15, -0.1) is 11.8 Å². The largest absolute Gasteiger partial charge is 0.488 e. The van der Waals surface area contributed by atoms with Gasteiger partial charge in [0.2, 0.25) is 0 Å². The average molecular weight is 388 g/mol. The zero-order chi connectivity index (χ0) is 19.2. The number of ether oxygens (including phenoxy) is 4. The number of Topliss-reactive ketones (excluding diaryl/α,β-unsaturated/α-hetero) is 1. The van der Waals surface area contributed by atoms with Gasteiger partial charge in [0.15, 0.2) is 18.4 Å². The molecule has 0 bridgehead atoms. The van der Waals surface area contributed by atoms with Crippen molar-refractivity contribution < 1.29 is 23.7 Å². The Bertz CT molecular complexity index is 769. The molecular formula is C21H24O5S. The maximum Gasteiger partial charge on any atom is 0.197 e. The number of rotatable bonds is 9. The minimum atomic E-state index is -0.292. The first-order valence-corrected chi connectivity index (χ1v) is 9.86. The van der Waals surface area contributed by atoms with Gasteiger partial charge in [-0.3, -0.25) is 4.79 Å². The van der Waals surface area contributed by atoms with Crippen LogP contribution in [-0.2, 0) is 14.3 Å². The molecule has 0 atom stereocenters. The molecule has 2 aromatic rings. The van der Waals surface area contributed by atoms with Crippen LogP contribution in [0.4, 0.5) is 0 Å². The highest BCUT2D eigenvalue weighted by Gasteiger charge is 2.27. The van der Waals surface area contributed by atoms with Crippen LogP contribution >= 0.6 is 11.8 Å². The SMILES string of the molecule is Cc1ccc(OCC(=O)CSc2ccc(OCC3OC(C)O3)c(C)c2)cc1. The molecule has 0 unspecified atom stereocenters. The second-order valence-corrected chi connectivity index (χ2v) is 7.49. The molecule has 5 nitrogen and oxygen atoms in total. The predicted molar refractivity (Wildman–Crippen MR) is 104 cm³/mol. The summed E-state index contributed by atoms with van der Waals surface area (Å²) in [5.74, 6) is 1.92. The van der Waals surface area contributed by atoms with Crippen LogP contribution < -0.4 is 9.47 Å². The van der Waals surface area contributed by atoms with E-state index >= 15 is 0 Å². The van der Waals surface area contributed by atoms with Gasteiger partial charge in [-0.05, 0) is 56.7 Å². The topological polar surface area (TPSA) is 54.0 Å². The highest BCUT2D eigenvalue weighted by atomic mass is 32.2. The van der Waals surface area contributed by atoms with Crippen molar-refractivity contribution in [3.8, 4) is 11.5 Å². The molecule has 2 aromatic carbocycles. The van der Waals surface area contributed by atoms with E-state index in [1.54, 1.807) is 0 Å². The summed E-state index contributed by atoms with van der Waals surface area (Å²) in [7, 11) is 0. The van der Waals surface area contributed by atoms with E-state index in [2.05, 4.69) is 0 Å². The summed E-state index contributed by atoms with van der Waals surface area (Å²) in [4.78, 5) is 13.1. The van der Waals surface area contributed by atoms with Crippen molar-refractivity contribution in [2.24, 2.45) is 0 Å². The van der Waals surface area contributed by atoms with Crippen LogP contribution in [-0.4, -0.2) is 37.3 Å². The van der Waals surface area contributed by atoms with E-state index in [0.717, 1.165) is 21.8 Å². The normalized spacial score (nSPS) is 18.6. The summed E-state index contributed by atoms with van der Waals surface area (Å²) < 4.78 is 21.9. The summed E-state index contributed by atoms with van der Waals surface area (Å²) in [6.45, 7) is 6.29. The van der Waals surface area contributed by atoms with E-state index < -0.39 is 0 Å². The van der Waals surface area contributed by atoms with Crippen LogP contribution in [0, 0.1) is 13.8 Å². The second kappa shape index (κ2) is 9.26. The van der Waals surface area contributed by atoms with E-state index in [1.165, 1.54) is 11.8 Å². The van der Waals surface area contributed by atoms with Gasteiger partial charge in [-0.25, -0.2) is 0 Å². The fourth-order valence-electron chi connectivity index (χ4n) is 2.55. The minimum absolute atomic E-state index is 0.0481. The summed E-state index contributed by atoms with van der Waals surface area (Å²) >= 11 is 1.49. The molecule has 3 rings (SSSR count). The molecule has 0 spiro atoms. The third-order valence-corrected chi connectivity index (χ3v) is 5.08. The molecule has 0 saturated carbocycles. The number of carbonyl (C=O) groups excluding carboxylic acids is 1. The van der Waals surface area contributed by atoms with Crippen molar-refractivity contribution in [2.45, 2.75) is 38.2 Å². The number of carbonyl (C=O) groups is 1. The standard InChI is InChI=1S/C21H24O5S/c1-14-4-6-18(7-5-14)23-11-17(22)13-27-19-8-9-20(15(2)10-19)24-12-21-25-16(3)26-21/h4-10,16,21H,11-13H2,1-3H3. The fourth-order valence-corrected chi connectivity index (χ4v) is 3.39. The smallest absolute Gasteiger partial charge is 0.197 e. The Kier molecular flexibility index (Phi) is 6.77. The van der Waals surface area contributed by atoms with E-state index in [0.29, 0.717) is 18.1 Å². The molecule has 1 heterocycles. The summed E-state index contributed by atoms with van der Waals surface area (Å²) in [5.41, 5.74) is 2.17. The Balaban J connectivity index is 1.41. The lowest BCUT2D eigenvalue weighted by molar-refractivity contribution is -0.380. The number of aryl methyl sites for hydroxylation is 2. The molecule has 0 aromatic heterocycles. The molecule has 6 heteroatoms. The van der Waals surface area contributed by atoms with E-state index in [4.69, 9.17) is 18.9 Å². The van der Waals surface area contributed by atoms with Crippen molar-refractivity contribution in [3.63, 3.8) is 0 Å². The van der Waals surface area contributed by atoms with E-state index in [-0.39, 0.29) is 25.0 Å². The lowest BCUT2D eigenvalue weighted by atomic mass is 10.2. The zero-order valence-electron chi connectivity index (χ0n) is 15.8. The molecule has 0 radical (unpaired) electrons. The van der Waals surface area contributed by atoms with Gasteiger partial charge in [0.1, 0.15) is 24.7 Å². The lowest BCUT2D eigenvalue weighted by Gasteiger charge is -2.33. The Hall–Kier alpha value is -2.02. The van der Waals surface area contributed by atoms with Gasteiger partial charge in [-0.2, -0.15) is 0 Å². The summed E-state index contributed by atoms with van der Waals surface area (Å²) in [6.07, 6.45) is -0.439. The monoisotopic (exact) mass is 388 g/mol. The van der Waals surface area contributed by atoms with Gasteiger partial charge in [-0.1, -0.05) is 17.7 Å². The Morgan fingerprint density at radius 1 is 1.07 bits per heavy atom. The van der Waals surface area contributed by atoms with E-state index in [9.17, 15) is 4.79 Å². The molecule has 0 aliphatic carbocycles. The number of benzene rings is 2. The molecule has 1 saturated heterocycles. The molecular weight excluding hydrogens is 364 g/mol. The van der Waals surface area contributed by atoms with Crippen LogP contribution in [0.2, 0.25) is 0 Å². The fraction of sp³-hybridized carbons (Fsp3) is 0.381. The van der Waals surface area contributed by atoms with Gasteiger partial charge < -0.3 is 18.9 Å². The third-order valence-electron chi connectivity index (χ3n) is 4.03. The molecule has 1 aliphatic rings. The zero-order valence-corrected chi connectivity index (χ0v) is 16.6. The van der Waals surface area contributed by atoms with Gasteiger partial charge in [0.25, 0.3) is 0 Å². The first kappa shape index (κ1) is 19.7. The second-order valence-electron chi connectivity index (χ2n) is 6.44. The molecule has 1 fully saturated rings. The van der Waals surface area contributed by atoms with Crippen molar-refractivity contribution in [2.75, 3.05) is 19.0 Å². The Labute approximate surface area is 164 Å². The van der Waals surface area contributed by atoms with Crippen LogP contribution in [0.15, 0.2) is 47.4 Å². The molecule has 0 N–H and O–H groups in total. The summed E-state index contributed by atoms with van der Waals surface area (Å²) in [5, 5.41) is 0. The van der Waals surface area contributed by atoms with Crippen molar-refractivity contribution in [3.05, 3.63) is 53.6 Å². The van der Waals surface area contributed by atoms with Gasteiger partial charge in [0.05, 0.1) is 5.75 Å². The number of hydrogen-bond acceptors (Lipinski definition) is 6. The average Bonchev–Trinajstić information content (AvgIpc) is 2.63.